The Morgan fingerprint density at radius 1 is 1.20 bits per heavy atom. The molecule has 1 saturated carbocycles. The third-order valence-electron chi connectivity index (χ3n) is 4.39. The number of nitrogens with two attached hydrogens (primary N) is 1. The number of aryl methyl sites for hydroxylation is 2. The Morgan fingerprint density at radius 3 is 2.50 bits per heavy atom. The number of anilines is 1. The van der Waals surface area contributed by atoms with Crippen molar-refractivity contribution in [2.24, 2.45) is 7.05 Å². The molecule has 0 aromatic carbocycles. The van der Waals surface area contributed by atoms with E-state index in [9.17, 15) is 0 Å². The minimum atomic E-state index is 0.632. The van der Waals surface area contributed by atoms with Crippen LogP contribution in [-0.2, 0) is 7.05 Å². The molecule has 0 atom stereocenters. The van der Waals surface area contributed by atoms with Crippen LogP contribution in [0.5, 0.6) is 0 Å². The van der Waals surface area contributed by atoms with E-state index in [0.29, 0.717) is 11.0 Å². The Bertz CT molecular complexity index is 620. The molecule has 2 N–H and O–H groups in total. The fourth-order valence-electron chi connectivity index (χ4n) is 3.29. The van der Waals surface area contributed by atoms with Gasteiger partial charge in [-0.3, -0.25) is 4.68 Å². The Hall–Kier alpha value is -1.36. The highest BCUT2D eigenvalue weighted by Gasteiger charge is 2.25. The van der Waals surface area contributed by atoms with Crippen LogP contribution in [0.25, 0.3) is 11.3 Å². The van der Waals surface area contributed by atoms with Crippen LogP contribution >= 0.6 is 11.3 Å². The van der Waals surface area contributed by atoms with E-state index in [1.54, 1.807) is 11.3 Å². The molecule has 0 radical (unpaired) electrons. The third kappa shape index (κ3) is 2.24. The molecule has 1 aliphatic rings. The zero-order valence-corrected chi connectivity index (χ0v) is 13.3. The quantitative estimate of drug-likeness (QED) is 0.915. The van der Waals surface area contributed by atoms with Crippen molar-refractivity contribution >= 4 is 16.5 Å². The maximum atomic E-state index is 6.01. The summed E-state index contributed by atoms with van der Waals surface area (Å²) in [5.74, 6) is 0.632. The minimum Gasteiger partial charge on any atom is -0.375 e. The lowest BCUT2D eigenvalue weighted by molar-refractivity contribution is 0.448. The molecule has 3 rings (SSSR count). The van der Waals surface area contributed by atoms with E-state index in [0.717, 1.165) is 11.4 Å². The standard InChI is InChI=1S/C15H22N4S/c1-9-12(10(2)19(3)18-9)13-14(20-15(16)17-13)11-7-5-4-6-8-11/h11H,4-8H2,1-3H3,(H2,16,17). The lowest BCUT2D eigenvalue weighted by Gasteiger charge is -2.21. The van der Waals surface area contributed by atoms with Crippen LogP contribution in [-0.4, -0.2) is 14.8 Å². The first-order valence-electron chi connectivity index (χ1n) is 7.34. The maximum Gasteiger partial charge on any atom is 0.180 e. The first kappa shape index (κ1) is 13.6. The smallest absolute Gasteiger partial charge is 0.180 e. The number of hydrogen-bond acceptors (Lipinski definition) is 4. The molecule has 0 spiro atoms. The molecular formula is C15H22N4S. The SMILES string of the molecule is Cc1nn(C)c(C)c1-c1nc(N)sc1C1CCCCC1. The summed E-state index contributed by atoms with van der Waals surface area (Å²) in [7, 11) is 1.99. The number of thiazole rings is 1. The van der Waals surface area contributed by atoms with Crippen molar-refractivity contribution in [3.05, 3.63) is 16.3 Å². The lowest BCUT2D eigenvalue weighted by Crippen LogP contribution is -2.04. The summed E-state index contributed by atoms with van der Waals surface area (Å²) >= 11 is 1.67. The highest BCUT2D eigenvalue weighted by molar-refractivity contribution is 7.15. The number of nitrogen functional groups attached to an aromatic ring is 1. The van der Waals surface area contributed by atoms with Gasteiger partial charge in [-0.1, -0.05) is 19.3 Å². The summed E-state index contributed by atoms with van der Waals surface area (Å²) in [6.45, 7) is 4.16. The van der Waals surface area contributed by atoms with Gasteiger partial charge in [0.1, 0.15) is 0 Å². The molecule has 0 amide bonds. The van der Waals surface area contributed by atoms with Gasteiger partial charge in [-0.25, -0.2) is 4.98 Å². The molecule has 2 aromatic heterocycles. The monoisotopic (exact) mass is 290 g/mol. The first-order valence-corrected chi connectivity index (χ1v) is 8.16. The summed E-state index contributed by atoms with van der Waals surface area (Å²) in [5, 5.41) is 5.21. The van der Waals surface area contributed by atoms with E-state index in [1.807, 2.05) is 11.7 Å². The van der Waals surface area contributed by atoms with Gasteiger partial charge in [-0.2, -0.15) is 5.10 Å². The molecule has 2 aromatic rings. The van der Waals surface area contributed by atoms with E-state index in [-0.39, 0.29) is 0 Å². The number of aromatic nitrogens is 3. The average molecular weight is 290 g/mol. The van der Waals surface area contributed by atoms with E-state index < -0.39 is 0 Å². The van der Waals surface area contributed by atoms with Gasteiger partial charge in [-0.05, 0) is 32.6 Å². The zero-order chi connectivity index (χ0) is 14.3. The molecule has 20 heavy (non-hydrogen) atoms. The highest BCUT2D eigenvalue weighted by atomic mass is 32.1. The van der Waals surface area contributed by atoms with Crippen molar-refractivity contribution in [3.8, 4) is 11.3 Å². The Kier molecular flexibility index (Phi) is 3.54. The second kappa shape index (κ2) is 5.20. The molecule has 1 fully saturated rings. The van der Waals surface area contributed by atoms with Crippen LogP contribution in [0, 0.1) is 13.8 Å². The molecule has 1 aliphatic carbocycles. The highest BCUT2D eigenvalue weighted by Crippen LogP contribution is 2.43. The van der Waals surface area contributed by atoms with Crippen LogP contribution in [0.2, 0.25) is 0 Å². The molecule has 0 saturated heterocycles. The molecule has 0 unspecified atom stereocenters. The first-order chi connectivity index (χ1) is 9.58. The van der Waals surface area contributed by atoms with E-state index >= 15 is 0 Å². The van der Waals surface area contributed by atoms with Gasteiger partial charge in [-0.15, -0.1) is 11.3 Å². The van der Waals surface area contributed by atoms with Gasteiger partial charge in [0.2, 0.25) is 0 Å². The fraction of sp³-hybridized carbons (Fsp3) is 0.600. The van der Waals surface area contributed by atoms with Crippen LogP contribution < -0.4 is 5.73 Å². The van der Waals surface area contributed by atoms with Crippen molar-refractivity contribution in [1.29, 1.82) is 0 Å². The topological polar surface area (TPSA) is 56.7 Å². The maximum absolute atomic E-state index is 6.01. The van der Waals surface area contributed by atoms with Gasteiger partial charge in [0.05, 0.1) is 11.4 Å². The Labute approximate surface area is 124 Å². The van der Waals surface area contributed by atoms with Crippen LogP contribution in [0.1, 0.15) is 54.3 Å². The summed E-state index contributed by atoms with van der Waals surface area (Å²) in [4.78, 5) is 6.01. The van der Waals surface area contributed by atoms with Crippen molar-refractivity contribution < 1.29 is 0 Å². The van der Waals surface area contributed by atoms with Crippen molar-refractivity contribution in [2.75, 3.05) is 5.73 Å². The van der Waals surface area contributed by atoms with Crippen LogP contribution in [0.4, 0.5) is 5.13 Å². The second-order valence-electron chi connectivity index (χ2n) is 5.77. The summed E-state index contributed by atoms with van der Waals surface area (Å²) in [6.07, 6.45) is 6.56. The average Bonchev–Trinajstić information content (AvgIpc) is 2.92. The van der Waals surface area contributed by atoms with Gasteiger partial charge in [0, 0.05) is 23.2 Å². The number of rotatable bonds is 2. The van der Waals surface area contributed by atoms with Crippen molar-refractivity contribution in [1.82, 2.24) is 14.8 Å². The predicted octanol–water partition coefficient (Wildman–Crippen LogP) is 3.79. The second-order valence-corrected chi connectivity index (χ2v) is 6.83. The summed E-state index contributed by atoms with van der Waals surface area (Å²) < 4.78 is 1.94. The van der Waals surface area contributed by atoms with Gasteiger partial charge in [0.15, 0.2) is 5.13 Å². The fourth-order valence-corrected chi connectivity index (χ4v) is 4.29. The van der Waals surface area contributed by atoms with E-state index in [1.165, 1.54) is 48.2 Å². The molecule has 0 aliphatic heterocycles. The van der Waals surface area contributed by atoms with E-state index in [2.05, 4.69) is 23.9 Å². The molecule has 5 heteroatoms. The lowest BCUT2D eigenvalue weighted by atomic mass is 9.86. The van der Waals surface area contributed by atoms with Crippen molar-refractivity contribution in [3.63, 3.8) is 0 Å². The predicted molar refractivity (Wildman–Crippen MR) is 84.0 cm³/mol. The molecule has 2 heterocycles. The van der Waals surface area contributed by atoms with Gasteiger partial charge in [0.25, 0.3) is 0 Å². The normalized spacial score (nSPS) is 16.8. The largest absolute Gasteiger partial charge is 0.375 e. The Balaban J connectivity index is 2.09. The summed E-state index contributed by atoms with van der Waals surface area (Å²) in [6, 6.07) is 0. The third-order valence-corrected chi connectivity index (χ3v) is 5.44. The molecule has 0 bridgehead atoms. The minimum absolute atomic E-state index is 0.632. The summed E-state index contributed by atoms with van der Waals surface area (Å²) in [5.41, 5.74) is 10.5. The van der Waals surface area contributed by atoms with Gasteiger partial charge < -0.3 is 5.73 Å². The van der Waals surface area contributed by atoms with Crippen LogP contribution in [0.3, 0.4) is 0 Å². The Morgan fingerprint density at radius 2 is 1.90 bits per heavy atom. The molecule has 108 valence electrons. The zero-order valence-electron chi connectivity index (χ0n) is 12.4. The van der Waals surface area contributed by atoms with Crippen molar-refractivity contribution in [2.45, 2.75) is 51.9 Å². The number of nitrogens with zero attached hydrogens (tertiary/aromatic N) is 3. The number of hydrogen-bond donors (Lipinski definition) is 1. The molecular weight excluding hydrogens is 268 g/mol. The molecule has 4 nitrogen and oxygen atoms in total. The van der Waals surface area contributed by atoms with Gasteiger partial charge >= 0.3 is 0 Å². The van der Waals surface area contributed by atoms with E-state index in [4.69, 9.17) is 5.73 Å². The van der Waals surface area contributed by atoms with Crippen LogP contribution in [0.15, 0.2) is 0 Å².